The van der Waals surface area contributed by atoms with Crippen molar-refractivity contribution in [3.63, 3.8) is 0 Å². The van der Waals surface area contributed by atoms with Crippen LogP contribution in [0.5, 0.6) is 5.75 Å². The van der Waals surface area contributed by atoms with Crippen LogP contribution in [0.25, 0.3) is 10.8 Å². The Morgan fingerprint density at radius 1 is 1.18 bits per heavy atom. The SMILES string of the molecule is O=[N+]([O-])c1ccc2c(C=Nc3ccccn3)c(O)ccc2c1. The van der Waals surface area contributed by atoms with Gasteiger partial charge < -0.3 is 5.11 Å². The fraction of sp³-hybridized carbons (Fsp3) is 0. The van der Waals surface area contributed by atoms with Crippen molar-refractivity contribution in [2.24, 2.45) is 4.99 Å². The first-order chi connectivity index (χ1) is 10.6. The summed E-state index contributed by atoms with van der Waals surface area (Å²) in [5.41, 5.74) is 0.504. The van der Waals surface area contributed by atoms with Crippen molar-refractivity contribution in [1.29, 1.82) is 0 Å². The fourth-order valence-corrected chi connectivity index (χ4v) is 2.14. The molecule has 108 valence electrons. The van der Waals surface area contributed by atoms with Gasteiger partial charge >= 0.3 is 0 Å². The first-order valence-electron chi connectivity index (χ1n) is 6.50. The number of hydrogen-bond acceptors (Lipinski definition) is 5. The van der Waals surface area contributed by atoms with E-state index in [1.165, 1.54) is 24.4 Å². The number of aliphatic imine (C=N–C) groups is 1. The molecule has 0 unspecified atom stereocenters. The smallest absolute Gasteiger partial charge is 0.270 e. The Hall–Kier alpha value is -3.28. The lowest BCUT2D eigenvalue weighted by atomic mass is 10.0. The van der Waals surface area contributed by atoms with Crippen LogP contribution in [0.15, 0.2) is 59.7 Å². The number of pyridine rings is 1. The quantitative estimate of drug-likeness (QED) is 0.454. The van der Waals surface area contributed by atoms with Crippen molar-refractivity contribution in [3.05, 3.63) is 70.4 Å². The van der Waals surface area contributed by atoms with E-state index in [1.807, 2.05) is 6.07 Å². The molecule has 0 amide bonds. The van der Waals surface area contributed by atoms with E-state index in [1.54, 1.807) is 30.5 Å². The molecular weight excluding hydrogens is 282 g/mol. The van der Waals surface area contributed by atoms with E-state index >= 15 is 0 Å². The largest absolute Gasteiger partial charge is 0.507 e. The molecule has 0 radical (unpaired) electrons. The van der Waals surface area contributed by atoms with Crippen LogP contribution in [0, 0.1) is 10.1 Å². The number of nitro groups is 1. The Bertz CT molecular complexity index is 876. The molecule has 1 aromatic heterocycles. The van der Waals surface area contributed by atoms with Crippen LogP contribution >= 0.6 is 0 Å². The van der Waals surface area contributed by atoms with E-state index in [0.717, 1.165) is 0 Å². The predicted molar refractivity (Wildman–Crippen MR) is 83.8 cm³/mol. The standard InChI is InChI=1S/C16H11N3O3/c20-15-7-4-11-9-12(19(21)22)5-6-13(11)14(15)10-18-16-3-1-2-8-17-16/h1-10,20H. The highest BCUT2D eigenvalue weighted by Crippen LogP contribution is 2.29. The molecule has 3 rings (SSSR count). The third kappa shape index (κ3) is 2.62. The number of phenolic OH excluding ortho intramolecular Hbond substituents is 1. The number of phenols is 1. The van der Waals surface area contributed by atoms with Crippen molar-refractivity contribution in [2.45, 2.75) is 0 Å². The zero-order valence-electron chi connectivity index (χ0n) is 11.4. The number of aromatic nitrogens is 1. The van der Waals surface area contributed by atoms with Crippen LogP contribution in [0.4, 0.5) is 11.5 Å². The van der Waals surface area contributed by atoms with Gasteiger partial charge in [-0.2, -0.15) is 0 Å². The van der Waals surface area contributed by atoms with Gasteiger partial charge in [-0.25, -0.2) is 9.98 Å². The summed E-state index contributed by atoms with van der Waals surface area (Å²) in [6.45, 7) is 0. The van der Waals surface area contributed by atoms with Crippen LogP contribution in [0.3, 0.4) is 0 Å². The first-order valence-corrected chi connectivity index (χ1v) is 6.50. The van der Waals surface area contributed by atoms with Crippen molar-refractivity contribution >= 4 is 28.5 Å². The maximum Gasteiger partial charge on any atom is 0.270 e. The third-order valence-corrected chi connectivity index (χ3v) is 3.21. The molecule has 0 aliphatic carbocycles. The minimum Gasteiger partial charge on any atom is -0.507 e. The number of rotatable bonds is 3. The maximum atomic E-state index is 10.8. The molecule has 22 heavy (non-hydrogen) atoms. The summed E-state index contributed by atoms with van der Waals surface area (Å²) < 4.78 is 0. The fourth-order valence-electron chi connectivity index (χ4n) is 2.14. The monoisotopic (exact) mass is 293 g/mol. The number of aromatic hydroxyl groups is 1. The molecule has 0 aliphatic heterocycles. The van der Waals surface area contributed by atoms with Crippen molar-refractivity contribution in [3.8, 4) is 5.75 Å². The van der Waals surface area contributed by atoms with Crippen LogP contribution in [0.1, 0.15) is 5.56 Å². The minimum atomic E-state index is -0.450. The second-order valence-corrected chi connectivity index (χ2v) is 4.61. The number of benzene rings is 2. The van der Waals surface area contributed by atoms with E-state index < -0.39 is 4.92 Å². The van der Waals surface area contributed by atoms with Gasteiger partial charge in [-0.15, -0.1) is 0 Å². The summed E-state index contributed by atoms with van der Waals surface area (Å²) in [5, 5.41) is 22.2. The van der Waals surface area contributed by atoms with Crippen LogP contribution in [-0.2, 0) is 0 Å². The lowest BCUT2D eigenvalue weighted by Gasteiger charge is -2.05. The van der Waals surface area contributed by atoms with E-state index in [9.17, 15) is 15.2 Å². The summed E-state index contributed by atoms with van der Waals surface area (Å²) in [7, 11) is 0. The number of nitrogens with zero attached hydrogens (tertiary/aromatic N) is 3. The highest BCUT2D eigenvalue weighted by molar-refractivity contribution is 6.03. The predicted octanol–water partition coefficient (Wildman–Crippen LogP) is 3.60. The van der Waals surface area contributed by atoms with Gasteiger partial charge in [0.1, 0.15) is 5.75 Å². The molecule has 0 saturated carbocycles. The molecule has 0 atom stereocenters. The zero-order valence-corrected chi connectivity index (χ0v) is 11.4. The van der Waals surface area contributed by atoms with E-state index in [-0.39, 0.29) is 11.4 Å². The lowest BCUT2D eigenvalue weighted by molar-refractivity contribution is -0.384. The number of fused-ring (bicyclic) bond motifs is 1. The van der Waals surface area contributed by atoms with E-state index in [2.05, 4.69) is 9.98 Å². The van der Waals surface area contributed by atoms with E-state index in [4.69, 9.17) is 0 Å². The first kappa shape index (κ1) is 13.7. The van der Waals surface area contributed by atoms with Crippen LogP contribution in [0.2, 0.25) is 0 Å². The Balaban J connectivity index is 2.10. The second kappa shape index (κ2) is 5.61. The zero-order chi connectivity index (χ0) is 15.5. The molecule has 2 aromatic carbocycles. The molecule has 0 bridgehead atoms. The summed E-state index contributed by atoms with van der Waals surface area (Å²) in [5.74, 6) is 0.571. The topological polar surface area (TPSA) is 88.6 Å². The second-order valence-electron chi connectivity index (χ2n) is 4.61. The Morgan fingerprint density at radius 2 is 2.05 bits per heavy atom. The van der Waals surface area contributed by atoms with Crippen molar-refractivity contribution < 1.29 is 10.0 Å². The van der Waals surface area contributed by atoms with Gasteiger partial charge in [0, 0.05) is 30.1 Å². The van der Waals surface area contributed by atoms with Crippen LogP contribution in [-0.4, -0.2) is 21.2 Å². The van der Waals surface area contributed by atoms with E-state index in [0.29, 0.717) is 22.2 Å². The third-order valence-electron chi connectivity index (χ3n) is 3.21. The summed E-state index contributed by atoms with van der Waals surface area (Å²) >= 11 is 0. The van der Waals surface area contributed by atoms with Crippen molar-refractivity contribution in [1.82, 2.24) is 4.98 Å². The molecule has 6 heteroatoms. The van der Waals surface area contributed by atoms with Gasteiger partial charge in [-0.1, -0.05) is 12.1 Å². The van der Waals surface area contributed by atoms with Crippen molar-refractivity contribution in [2.75, 3.05) is 0 Å². The van der Waals surface area contributed by atoms with Gasteiger partial charge in [-0.05, 0) is 35.0 Å². The molecule has 3 aromatic rings. The number of nitro benzene ring substituents is 1. The molecule has 1 heterocycles. The van der Waals surface area contributed by atoms with Gasteiger partial charge in [0.15, 0.2) is 5.82 Å². The van der Waals surface area contributed by atoms with Gasteiger partial charge in [0.2, 0.25) is 0 Å². The maximum absolute atomic E-state index is 10.8. The lowest BCUT2D eigenvalue weighted by Crippen LogP contribution is -1.90. The Morgan fingerprint density at radius 3 is 2.77 bits per heavy atom. The highest BCUT2D eigenvalue weighted by atomic mass is 16.6. The Labute approximate surface area is 125 Å². The molecule has 0 saturated heterocycles. The molecular formula is C16H11N3O3. The number of hydrogen-bond donors (Lipinski definition) is 1. The average molecular weight is 293 g/mol. The van der Waals surface area contributed by atoms with Gasteiger partial charge in [-0.3, -0.25) is 10.1 Å². The molecule has 0 fully saturated rings. The van der Waals surface area contributed by atoms with Crippen LogP contribution < -0.4 is 0 Å². The molecule has 0 spiro atoms. The molecule has 1 N–H and O–H groups in total. The highest BCUT2D eigenvalue weighted by Gasteiger charge is 2.10. The number of non-ortho nitro benzene ring substituents is 1. The Kier molecular flexibility index (Phi) is 3.49. The molecule has 0 aliphatic rings. The minimum absolute atomic E-state index is 0.00537. The van der Waals surface area contributed by atoms with Gasteiger partial charge in [0.05, 0.1) is 4.92 Å². The molecule has 6 nitrogen and oxygen atoms in total. The summed E-state index contributed by atoms with van der Waals surface area (Å²) in [6, 6.07) is 12.9. The summed E-state index contributed by atoms with van der Waals surface area (Å²) in [4.78, 5) is 18.7. The average Bonchev–Trinajstić information content (AvgIpc) is 2.54. The normalized spacial score (nSPS) is 11.1. The summed E-state index contributed by atoms with van der Waals surface area (Å²) in [6.07, 6.45) is 3.13. The van der Waals surface area contributed by atoms with Gasteiger partial charge in [0.25, 0.3) is 5.69 Å².